The number of ether oxygens (including phenoxy) is 2. The third-order valence-corrected chi connectivity index (χ3v) is 4.28. The predicted octanol–water partition coefficient (Wildman–Crippen LogP) is 2.44. The molecule has 1 unspecified atom stereocenters. The first-order chi connectivity index (χ1) is 9.70. The molecule has 4 nitrogen and oxygen atoms in total. The van der Waals surface area contributed by atoms with Crippen LogP contribution < -0.4 is 10.1 Å². The zero-order valence-corrected chi connectivity index (χ0v) is 13.8. The maximum absolute atomic E-state index is 5.35. The predicted molar refractivity (Wildman–Crippen MR) is 84.4 cm³/mol. The summed E-state index contributed by atoms with van der Waals surface area (Å²) in [5, 5.41) is 3.57. The molecule has 0 radical (unpaired) electrons. The number of rotatable bonds is 6. The first-order valence-electron chi connectivity index (χ1n) is 7.07. The van der Waals surface area contributed by atoms with Gasteiger partial charge in [0.15, 0.2) is 0 Å². The molecule has 1 aliphatic heterocycles. The third kappa shape index (κ3) is 4.45. The molecule has 1 aromatic carbocycles. The fourth-order valence-corrected chi connectivity index (χ4v) is 2.89. The van der Waals surface area contributed by atoms with Gasteiger partial charge in [0.25, 0.3) is 0 Å². The lowest BCUT2D eigenvalue weighted by atomic mass is 10.1. The van der Waals surface area contributed by atoms with E-state index in [1.807, 2.05) is 6.07 Å². The van der Waals surface area contributed by atoms with Crippen LogP contribution in [0.15, 0.2) is 22.7 Å². The number of methoxy groups -OCH3 is 1. The van der Waals surface area contributed by atoms with Gasteiger partial charge in [0.1, 0.15) is 5.75 Å². The smallest absolute Gasteiger partial charge is 0.133 e. The lowest BCUT2D eigenvalue weighted by molar-refractivity contribution is 0.0382. The average Bonchev–Trinajstić information content (AvgIpc) is 2.48. The van der Waals surface area contributed by atoms with Crippen LogP contribution in [0.4, 0.5) is 0 Å². The molecule has 1 aromatic rings. The maximum Gasteiger partial charge on any atom is 0.133 e. The molecule has 0 aromatic heterocycles. The van der Waals surface area contributed by atoms with Crippen LogP contribution in [0.3, 0.4) is 0 Å². The van der Waals surface area contributed by atoms with Gasteiger partial charge in [-0.05, 0) is 40.5 Å². The van der Waals surface area contributed by atoms with Gasteiger partial charge in [-0.25, -0.2) is 0 Å². The van der Waals surface area contributed by atoms with Crippen LogP contribution in [0, 0.1) is 0 Å². The van der Waals surface area contributed by atoms with Gasteiger partial charge in [0.2, 0.25) is 0 Å². The molecule has 0 spiro atoms. The minimum Gasteiger partial charge on any atom is -0.496 e. The van der Waals surface area contributed by atoms with Crippen molar-refractivity contribution in [2.75, 3.05) is 46.5 Å². The van der Waals surface area contributed by atoms with E-state index in [1.54, 1.807) is 7.11 Å². The van der Waals surface area contributed by atoms with Crippen LogP contribution in [-0.4, -0.2) is 51.4 Å². The molecule has 0 bridgehead atoms. The molecule has 1 atom stereocenters. The van der Waals surface area contributed by atoms with Gasteiger partial charge >= 0.3 is 0 Å². The topological polar surface area (TPSA) is 33.7 Å². The van der Waals surface area contributed by atoms with Crippen LogP contribution in [0.25, 0.3) is 0 Å². The molecule has 1 N–H and O–H groups in total. The summed E-state index contributed by atoms with van der Waals surface area (Å²) in [6, 6.07) is 6.55. The SMILES string of the molecule is COc1ccc(C(C)NCCN2CCOCC2)cc1Br. The maximum atomic E-state index is 5.35. The van der Waals surface area contributed by atoms with Crippen molar-refractivity contribution in [1.82, 2.24) is 10.2 Å². The van der Waals surface area contributed by atoms with Gasteiger partial charge in [-0.15, -0.1) is 0 Å². The molecular formula is C15H23BrN2O2. The summed E-state index contributed by atoms with van der Waals surface area (Å²) in [6.07, 6.45) is 0. The first kappa shape index (κ1) is 15.8. The lowest BCUT2D eigenvalue weighted by Gasteiger charge is -2.27. The largest absolute Gasteiger partial charge is 0.496 e. The van der Waals surface area contributed by atoms with E-state index in [0.717, 1.165) is 49.6 Å². The normalized spacial score (nSPS) is 17.9. The van der Waals surface area contributed by atoms with Gasteiger partial charge in [0, 0.05) is 32.2 Å². The standard InChI is InChI=1S/C15H23BrN2O2/c1-12(13-3-4-15(19-2)14(16)11-13)17-5-6-18-7-9-20-10-8-18/h3-4,11-12,17H,5-10H2,1-2H3. The molecule has 112 valence electrons. The van der Waals surface area contributed by atoms with E-state index in [4.69, 9.17) is 9.47 Å². The Labute approximate surface area is 129 Å². The molecule has 1 heterocycles. The highest BCUT2D eigenvalue weighted by atomic mass is 79.9. The van der Waals surface area contributed by atoms with Crippen molar-refractivity contribution in [2.45, 2.75) is 13.0 Å². The quantitative estimate of drug-likeness (QED) is 0.860. The van der Waals surface area contributed by atoms with Crippen molar-refractivity contribution in [2.24, 2.45) is 0 Å². The van der Waals surface area contributed by atoms with Gasteiger partial charge < -0.3 is 14.8 Å². The van der Waals surface area contributed by atoms with E-state index in [-0.39, 0.29) is 0 Å². The van der Waals surface area contributed by atoms with Crippen molar-refractivity contribution < 1.29 is 9.47 Å². The van der Waals surface area contributed by atoms with Crippen molar-refractivity contribution in [3.05, 3.63) is 28.2 Å². The summed E-state index contributed by atoms with van der Waals surface area (Å²) in [5.74, 6) is 0.870. The van der Waals surface area contributed by atoms with E-state index < -0.39 is 0 Å². The summed E-state index contributed by atoms with van der Waals surface area (Å²) < 4.78 is 11.6. The Hall–Kier alpha value is -0.620. The molecule has 1 saturated heterocycles. The molecule has 0 amide bonds. The van der Waals surface area contributed by atoms with Crippen molar-refractivity contribution in [3.8, 4) is 5.75 Å². The highest BCUT2D eigenvalue weighted by Gasteiger charge is 2.11. The number of nitrogens with one attached hydrogen (secondary N) is 1. The van der Waals surface area contributed by atoms with Gasteiger partial charge in [0.05, 0.1) is 24.8 Å². The van der Waals surface area contributed by atoms with Gasteiger partial charge in [-0.1, -0.05) is 6.07 Å². The van der Waals surface area contributed by atoms with Crippen LogP contribution >= 0.6 is 15.9 Å². The second kappa shape index (κ2) is 7.98. The second-order valence-corrected chi connectivity index (χ2v) is 5.88. The highest BCUT2D eigenvalue weighted by Crippen LogP contribution is 2.27. The summed E-state index contributed by atoms with van der Waals surface area (Å²) >= 11 is 3.53. The number of morpholine rings is 1. The lowest BCUT2D eigenvalue weighted by Crippen LogP contribution is -2.40. The Morgan fingerprint density at radius 1 is 1.40 bits per heavy atom. The number of hydrogen-bond acceptors (Lipinski definition) is 4. The average molecular weight is 343 g/mol. The molecular weight excluding hydrogens is 320 g/mol. The monoisotopic (exact) mass is 342 g/mol. The third-order valence-electron chi connectivity index (χ3n) is 3.66. The number of nitrogens with zero attached hydrogens (tertiary/aromatic N) is 1. The Balaban J connectivity index is 1.79. The molecule has 5 heteroatoms. The molecule has 1 fully saturated rings. The molecule has 0 aliphatic carbocycles. The Bertz CT molecular complexity index is 422. The van der Waals surface area contributed by atoms with Gasteiger partial charge in [-0.3, -0.25) is 4.90 Å². The fourth-order valence-electron chi connectivity index (χ4n) is 2.33. The summed E-state index contributed by atoms with van der Waals surface area (Å²) in [7, 11) is 1.68. The van der Waals surface area contributed by atoms with E-state index >= 15 is 0 Å². The van der Waals surface area contributed by atoms with Crippen LogP contribution in [-0.2, 0) is 4.74 Å². The zero-order chi connectivity index (χ0) is 14.4. The van der Waals surface area contributed by atoms with Gasteiger partial charge in [-0.2, -0.15) is 0 Å². The molecule has 20 heavy (non-hydrogen) atoms. The Morgan fingerprint density at radius 3 is 2.80 bits per heavy atom. The highest BCUT2D eigenvalue weighted by molar-refractivity contribution is 9.10. The summed E-state index contributed by atoms with van der Waals surface area (Å²) in [6.45, 7) is 8.07. The van der Waals surface area contributed by atoms with E-state index in [9.17, 15) is 0 Å². The Morgan fingerprint density at radius 2 is 2.15 bits per heavy atom. The Kier molecular flexibility index (Phi) is 6.29. The molecule has 2 rings (SSSR count). The molecule has 1 aliphatic rings. The van der Waals surface area contributed by atoms with Crippen LogP contribution in [0.2, 0.25) is 0 Å². The van der Waals surface area contributed by atoms with Crippen LogP contribution in [0.1, 0.15) is 18.5 Å². The van der Waals surface area contributed by atoms with E-state index in [0.29, 0.717) is 6.04 Å². The zero-order valence-electron chi connectivity index (χ0n) is 12.2. The summed E-state index contributed by atoms with van der Waals surface area (Å²) in [5.41, 5.74) is 1.26. The van der Waals surface area contributed by atoms with E-state index in [1.165, 1.54) is 5.56 Å². The minimum absolute atomic E-state index is 0.332. The van der Waals surface area contributed by atoms with Crippen molar-refractivity contribution in [1.29, 1.82) is 0 Å². The number of hydrogen-bond donors (Lipinski definition) is 1. The minimum atomic E-state index is 0.332. The number of halogens is 1. The number of benzene rings is 1. The van der Waals surface area contributed by atoms with Crippen molar-refractivity contribution >= 4 is 15.9 Å². The molecule has 0 saturated carbocycles. The van der Waals surface area contributed by atoms with Crippen molar-refractivity contribution in [3.63, 3.8) is 0 Å². The first-order valence-corrected chi connectivity index (χ1v) is 7.87. The second-order valence-electron chi connectivity index (χ2n) is 5.02. The fraction of sp³-hybridized carbons (Fsp3) is 0.600. The van der Waals surface area contributed by atoms with E-state index in [2.05, 4.69) is 45.2 Å². The van der Waals surface area contributed by atoms with Crippen LogP contribution in [0.5, 0.6) is 5.75 Å². The summed E-state index contributed by atoms with van der Waals surface area (Å²) in [4.78, 5) is 2.44.